The number of hydrogen-bond donors (Lipinski definition) is 2. The van der Waals surface area contributed by atoms with Gasteiger partial charge in [-0.05, 0) is 38.8 Å². The molecule has 2 rings (SSSR count). The molecule has 0 saturated carbocycles. The van der Waals surface area contributed by atoms with Crippen LogP contribution in [0.25, 0.3) is 0 Å². The molecule has 0 radical (unpaired) electrons. The molecule has 162 valence electrons. The van der Waals surface area contributed by atoms with Crippen molar-refractivity contribution in [2.75, 3.05) is 31.6 Å². The van der Waals surface area contributed by atoms with Crippen LogP contribution in [0.4, 0.5) is 11.4 Å². The van der Waals surface area contributed by atoms with Crippen molar-refractivity contribution in [3.05, 3.63) is 28.3 Å². The number of nitrogens with zero attached hydrogens (tertiary/aromatic N) is 2. The van der Waals surface area contributed by atoms with Gasteiger partial charge in [-0.2, -0.15) is 4.31 Å². The summed E-state index contributed by atoms with van der Waals surface area (Å²) in [6.07, 6.45) is 2.19. The number of nitro groups is 1. The van der Waals surface area contributed by atoms with Gasteiger partial charge in [-0.15, -0.1) is 0 Å². The van der Waals surface area contributed by atoms with E-state index in [0.717, 1.165) is 25.3 Å². The number of carbonyl (C=O) groups excluding carboxylic acids is 1. The summed E-state index contributed by atoms with van der Waals surface area (Å²) in [6, 6.07) is 3.63. The van der Waals surface area contributed by atoms with Gasteiger partial charge >= 0.3 is 5.97 Å². The SMILES string of the molecule is CCOC(=O)C[C@](C)(O)CNc1ccc(S(=O)(=O)N2CCCCC2)cc1[N+](=O)[O-]. The molecule has 0 bridgehead atoms. The molecular formula is C18H27N3O7S. The van der Waals surface area contributed by atoms with Gasteiger partial charge < -0.3 is 15.2 Å². The maximum atomic E-state index is 12.8. The molecule has 0 amide bonds. The number of nitrogens with one attached hydrogen (secondary N) is 1. The highest BCUT2D eigenvalue weighted by Crippen LogP contribution is 2.30. The fourth-order valence-electron chi connectivity index (χ4n) is 3.10. The van der Waals surface area contributed by atoms with Crippen molar-refractivity contribution in [3.8, 4) is 0 Å². The van der Waals surface area contributed by atoms with Crippen LogP contribution < -0.4 is 5.32 Å². The van der Waals surface area contributed by atoms with Crippen molar-refractivity contribution >= 4 is 27.4 Å². The third-order valence-corrected chi connectivity index (χ3v) is 6.50. The van der Waals surface area contributed by atoms with Crippen molar-refractivity contribution in [1.82, 2.24) is 4.31 Å². The Kier molecular flexibility index (Phi) is 7.55. The number of anilines is 1. The van der Waals surface area contributed by atoms with Crippen LogP contribution in [0.5, 0.6) is 0 Å². The molecule has 29 heavy (non-hydrogen) atoms. The maximum absolute atomic E-state index is 12.8. The van der Waals surface area contributed by atoms with Gasteiger partial charge in [-0.25, -0.2) is 8.42 Å². The third kappa shape index (κ3) is 6.12. The van der Waals surface area contributed by atoms with Crippen LogP contribution in [0.15, 0.2) is 23.1 Å². The minimum atomic E-state index is -3.81. The Bertz CT molecular complexity index is 849. The lowest BCUT2D eigenvalue weighted by atomic mass is 10.0. The quantitative estimate of drug-likeness (QED) is 0.345. The first-order valence-electron chi connectivity index (χ1n) is 9.47. The molecule has 1 aromatic rings. The van der Waals surface area contributed by atoms with E-state index in [0.29, 0.717) is 13.1 Å². The second kappa shape index (κ2) is 9.51. The number of benzene rings is 1. The molecule has 1 heterocycles. The molecule has 1 aromatic carbocycles. The first kappa shape index (κ1) is 23.0. The van der Waals surface area contributed by atoms with Crippen LogP contribution >= 0.6 is 0 Å². The Hall–Kier alpha value is -2.24. The Morgan fingerprint density at radius 2 is 2.00 bits per heavy atom. The standard InChI is InChI=1S/C18H27N3O7S/c1-3-28-17(22)12-18(2,23)13-19-15-8-7-14(11-16(15)21(24)25)29(26,27)20-9-5-4-6-10-20/h7-8,11,19,23H,3-6,9-10,12-13H2,1-2H3/t18-/m0/s1. The summed E-state index contributed by atoms with van der Waals surface area (Å²) in [5.41, 5.74) is -1.87. The fourth-order valence-corrected chi connectivity index (χ4v) is 4.64. The summed E-state index contributed by atoms with van der Waals surface area (Å²) in [7, 11) is -3.81. The number of ether oxygens (including phenoxy) is 1. The lowest BCUT2D eigenvalue weighted by molar-refractivity contribution is -0.384. The highest BCUT2D eigenvalue weighted by atomic mass is 32.2. The number of piperidine rings is 1. The van der Waals surface area contributed by atoms with Gasteiger partial charge in [0.2, 0.25) is 10.0 Å². The highest BCUT2D eigenvalue weighted by molar-refractivity contribution is 7.89. The van der Waals surface area contributed by atoms with Gasteiger partial charge in [0.05, 0.1) is 28.4 Å². The smallest absolute Gasteiger partial charge is 0.308 e. The Balaban J connectivity index is 2.19. The summed E-state index contributed by atoms with van der Waals surface area (Å²) >= 11 is 0. The van der Waals surface area contributed by atoms with Crippen molar-refractivity contribution in [3.63, 3.8) is 0 Å². The minimum absolute atomic E-state index is 0.0525. The van der Waals surface area contributed by atoms with Gasteiger partial charge in [-0.1, -0.05) is 6.42 Å². The number of carbonyl (C=O) groups is 1. The summed E-state index contributed by atoms with van der Waals surface area (Å²) < 4.78 is 31.7. The zero-order chi connectivity index (χ0) is 21.7. The predicted molar refractivity (Wildman–Crippen MR) is 106 cm³/mol. The number of rotatable bonds is 9. The average molecular weight is 429 g/mol. The van der Waals surface area contributed by atoms with Crippen molar-refractivity contribution < 1.29 is 28.0 Å². The third-order valence-electron chi connectivity index (χ3n) is 4.61. The van der Waals surface area contributed by atoms with Gasteiger partial charge in [0, 0.05) is 25.7 Å². The summed E-state index contributed by atoms with van der Waals surface area (Å²) in [5.74, 6) is -0.586. The van der Waals surface area contributed by atoms with E-state index in [-0.39, 0.29) is 30.2 Å². The van der Waals surface area contributed by atoms with Crippen LogP contribution in [-0.2, 0) is 19.6 Å². The number of esters is 1. The van der Waals surface area contributed by atoms with E-state index in [4.69, 9.17) is 4.74 Å². The molecule has 1 atom stereocenters. The first-order valence-corrected chi connectivity index (χ1v) is 10.9. The lowest BCUT2D eigenvalue weighted by Crippen LogP contribution is -2.36. The minimum Gasteiger partial charge on any atom is -0.466 e. The molecule has 10 nitrogen and oxygen atoms in total. The molecule has 0 spiro atoms. The van der Waals surface area contributed by atoms with Gasteiger partial charge in [-0.3, -0.25) is 14.9 Å². The van der Waals surface area contributed by atoms with E-state index in [2.05, 4.69) is 5.32 Å². The Morgan fingerprint density at radius 1 is 1.34 bits per heavy atom. The van der Waals surface area contributed by atoms with Crippen LogP contribution in [0.3, 0.4) is 0 Å². The van der Waals surface area contributed by atoms with Crippen molar-refractivity contribution in [1.29, 1.82) is 0 Å². The lowest BCUT2D eigenvalue weighted by Gasteiger charge is -2.26. The van der Waals surface area contributed by atoms with Crippen LogP contribution in [0, 0.1) is 10.1 Å². The fraction of sp³-hybridized carbons (Fsp3) is 0.611. The molecule has 0 aliphatic carbocycles. The zero-order valence-corrected chi connectivity index (χ0v) is 17.4. The predicted octanol–water partition coefficient (Wildman–Crippen LogP) is 1.89. The van der Waals surface area contributed by atoms with E-state index >= 15 is 0 Å². The summed E-state index contributed by atoms with van der Waals surface area (Å²) in [6.45, 7) is 3.86. The van der Waals surface area contributed by atoms with Crippen molar-refractivity contribution in [2.24, 2.45) is 0 Å². The number of sulfonamides is 1. The maximum Gasteiger partial charge on any atom is 0.308 e. The molecule has 11 heteroatoms. The van der Waals surface area contributed by atoms with E-state index in [9.17, 15) is 28.4 Å². The van der Waals surface area contributed by atoms with E-state index in [1.54, 1.807) is 6.92 Å². The average Bonchev–Trinajstić information content (AvgIpc) is 2.66. The van der Waals surface area contributed by atoms with Gasteiger partial charge in [0.1, 0.15) is 5.69 Å². The molecule has 0 aromatic heterocycles. The molecular weight excluding hydrogens is 402 g/mol. The summed E-state index contributed by atoms with van der Waals surface area (Å²) in [5, 5.41) is 24.5. The second-order valence-electron chi connectivity index (χ2n) is 7.23. The largest absolute Gasteiger partial charge is 0.466 e. The molecule has 0 unspecified atom stereocenters. The second-order valence-corrected chi connectivity index (χ2v) is 9.17. The number of hydrogen-bond acceptors (Lipinski definition) is 8. The monoisotopic (exact) mass is 429 g/mol. The van der Waals surface area contributed by atoms with E-state index in [1.165, 1.54) is 23.4 Å². The first-order chi connectivity index (χ1) is 13.6. The summed E-state index contributed by atoms with van der Waals surface area (Å²) in [4.78, 5) is 22.2. The number of aliphatic hydroxyl groups is 1. The van der Waals surface area contributed by atoms with Gasteiger partial charge in [0.15, 0.2) is 0 Å². The number of nitro benzene ring substituents is 1. The normalized spacial score (nSPS) is 17.3. The molecule has 1 aliphatic rings. The van der Waals surface area contributed by atoms with Crippen LogP contribution in [0.1, 0.15) is 39.5 Å². The van der Waals surface area contributed by atoms with Crippen LogP contribution in [-0.4, -0.2) is 60.6 Å². The Labute approximate surface area is 170 Å². The molecule has 1 aliphatic heterocycles. The molecule has 2 N–H and O–H groups in total. The van der Waals surface area contributed by atoms with Crippen molar-refractivity contribution in [2.45, 2.75) is 50.0 Å². The Morgan fingerprint density at radius 3 is 2.59 bits per heavy atom. The molecule has 1 fully saturated rings. The van der Waals surface area contributed by atoms with Gasteiger partial charge in [0.25, 0.3) is 5.69 Å². The van der Waals surface area contributed by atoms with E-state index in [1.807, 2.05) is 0 Å². The zero-order valence-electron chi connectivity index (χ0n) is 16.6. The highest BCUT2D eigenvalue weighted by Gasteiger charge is 2.30. The van der Waals surface area contributed by atoms with Crippen LogP contribution in [0.2, 0.25) is 0 Å². The molecule has 1 saturated heterocycles. The topological polar surface area (TPSA) is 139 Å². The van der Waals surface area contributed by atoms with E-state index < -0.39 is 32.2 Å².